The number of ether oxygens (including phenoxy) is 2. The molecule has 90 valence electrons. The van der Waals surface area contributed by atoms with E-state index in [9.17, 15) is 4.79 Å². The molecule has 1 aliphatic carbocycles. The number of rotatable bonds is 4. The summed E-state index contributed by atoms with van der Waals surface area (Å²) >= 11 is 0. The molecule has 16 heavy (non-hydrogen) atoms. The van der Waals surface area contributed by atoms with Crippen LogP contribution >= 0.6 is 0 Å². The summed E-state index contributed by atoms with van der Waals surface area (Å²) in [5.74, 6) is 0.897. The first-order valence-electron chi connectivity index (χ1n) is 5.65. The van der Waals surface area contributed by atoms with Gasteiger partial charge in [0.1, 0.15) is 0 Å². The zero-order chi connectivity index (χ0) is 12.0. The minimum atomic E-state index is -0.182. The van der Waals surface area contributed by atoms with Crippen molar-refractivity contribution < 1.29 is 14.3 Å². The minimum Gasteiger partial charge on any atom is -0.505 e. The largest absolute Gasteiger partial charge is 0.505 e. The molecular formula is C13H20O3. The van der Waals surface area contributed by atoms with Gasteiger partial charge in [-0.2, -0.15) is 0 Å². The summed E-state index contributed by atoms with van der Waals surface area (Å²) in [5.41, 5.74) is 0.821. The topological polar surface area (TPSA) is 35.5 Å². The van der Waals surface area contributed by atoms with Crippen LogP contribution in [-0.2, 0) is 14.3 Å². The van der Waals surface area contributed by atoms with E-state index in [-0.39, 0.29) is 5.97 Å². The van der Waals surface area contributed by atoms with Crippen LogP contribution in [0.25, 0.3) is 0 Å². The van der Waals surface area contributed by atoms with Crippen molar-refractivity contribution in [2.75, 3.05) is 14.2 Å². The fourth-order valence-corrected chi connectivity index (χ4v) is 2.01. The van der Waals surface area contributed by atoms with Crippen molar-refractivity contribution in [2.24, 2.45) is 11.8 Å². The SMILES string of the molecule is CO/C=C/[C@H](C)[C@H]1CC=C(C(=O)OC)CC1. The average molecular weight is 224 g/mol. The highest BCUT2D eigenvalue weighted by atomic mass is 16.5. The van der Waals surface area contributed by atoms with Gasteiger partial charge in [-0.15, -0.1) is 0 Å². The van der Waals surface area contributed by atoms with Gasteiger partial charge in [-0.3, -0.25) is 0 Å². The number of hydrogen-bond acceptors (Lipinski definition) is 3. The Balaban J connectivity index is 2.50. The molecule has 2 atom stereocenters. The Hall–Kier alpha value is -1.25. The van der Waals surface area contributed by atoms with Gasteiger partial charge in [-0.1, -0.05) is 13.0 Å². The second-order valence-corrected chi connectivity index (χ2v) is 4.18. The Kier molecular flexibility index (Phi) is 5.09. The van der Waals surface area contributed by atoms with Gasteiger partial charge in [0.15, 0.2) is 0 Å². The maximum absolute atomic E-state index is 11.3. The summed E-state index contributed by atoms with van der Waals surface area (Å²) in [6.07, 6.45) is 8.61. The van der Waals surface area contributed by atoms with Gasteiger partial charge in [-0.05, 0) is 37.2 Å². The van der Waals surface area contributed by atoms with Gasteiger partial charge >= 0.3 is 5.97 Å². The second kappa shape index (κ2) is 6.36. The van der Waals surface area contributed by atoms with E-state index in [0.717, 1.165) is 24.8 Å². The molecule has 3 heteroatoms. The lowest BCUT2D eigenvalue weighted by Crippen LogP contribution is -2.16. The summed E-state index contributed by atoms with van der Waals surface area (Å²) in [5, 5.41) is 0. The molecule has 0 aromatic carbocycles. The zero-order valence-corrected chi connectivity index (χ0v) is 10.2. The Bertz CT molecular complexity index is 292. The van der Waals surface area contributed by atoms with E-state index in [4.69, 9.17) is 9.47 Å². The molecular weight excluding hydrogens is 204 g/mol. The summed E-state index contributed by atoms with van der Waals surface area (Å²) in [4.78, 5) is 11.3. The van der Waals surface area contributed by atoms with Gasteiger partial charge < -0.3 is 9.47 Å². The van der Waals surface area contributed by atoms with Crippen molar-refractivity contribution in [2.45, 2.75) is 26.2 Å². The first kappa shape index (κ1) is 12.8. The van der Waals surface area contributed by atoms with Crippen molar-refractivity contribution in [1.82, 2.24) is 0 Å². The molecule has 0 fully saturated rings. The maximum Gasteiger partial charge on any atom is 0.333 e. The van der Waals surface area contributed by atoms with Crippen molar-refractivity contribution in [3.63, 3.8) is 0 Å². The summed E-state index contributed by atoms with van der Waals surface area (Å²) in [7, 11) is 3.08. The first-order valence-corrected chi connectivity index (χ1v) is 5.65. The van der Waals surface area contributed by atoms with E-state index in [2.05, 4.69) is 13.0 Å². The monoisotopic (exact) mass is 224 g/mol. The van der Waals surface area contributed by atoms with E-state index in [1.807, 2.05) is 6.08 Å². The highest BCUT2D eigenvalue weighted by Gasteiger charge is 2.22. The molecule has 0 heterocycles. The van der Waals surface area contributed by atoms with Crippen LogP contribution in [0, 0.1) is 11.8 Å². The van der Waals surface area contributed by atoms with Gasteiger partial charge in [0.25, 0.3) is 0 Å². The normalized spacial score (nSPS) is 22.7. The summed E-state index contributed by atoms with van der Waals surface area (Å²) < 4.78 is 9.62. The fourth-order valence-electron chi connectivity index (χ4n) is 2.01. The van der Waals surface area contributed by atoms with Gasteiger partial charge in [0, 0.05) is 5.57 Å². The molecule has 0 N–H and O–H groups in total. The average Bonchev–Trinajstić information content (AvgIpc) is 2.35. The van der Waals surface area contributed by atoms with Crippen LogP contribution < -0.4 is 0 Å². The first-order chi connectivity index (χ1) is 7.69. The quantitative estimate of drug-likeness (QED) is 0.544. The van der Waals surface area contributed by atoms with E-state index in [1.165, 1.54) is 7.11 Å². The number of allylic oxidation sites excluding steroid dienone is 2. The van der Waals surface area contributed by atoms with Crippen LogP contribution in [0.3, 0.4) is 0 Å². The molecule has 0 amide bonds. The number of hydrogen-bond donors (Lipinski definition) is 0. The maximum atomic E-state index is 11.3. The Morgan fingerprint density at radius 3 is 2.81 bits per heavy atom. The van der Waals surface area contributed by atoms with E-state index >= 15 is 0 Å². The predicted octanol–water partition coefficient (Wildman–Crippen LogP) is 2.68. The van der Waals surface area contributed by atoms with Crippen molar-refractivity contribution in [3.8, 4) is 0 Å². The fraction of sp³-hybridized carbons (Fsp3) is 0.615. The van der Waals surface area contributed by atoms with Gasteiger partial charge in [0.05, 0.1) is 20.5 Å². The smallest absolute Gasteiger partial charge is 0.333 e. The molecule has 0 radical (unpaired) electrons. The molecule has 0 aromatic heterocycles. The van der Waals surface area contributed by atoms with Crippen LogP contribution in [0.4, 0.5) is 0 Å². The van der Waals surface area contributed by atoms with Gasteiger partial charge in [-0.25, -0.2) is 4.79 Å². The molecule has 0 aliphatic heterocycles. The Morgan fingerprint density at radius 1 is 1.56 bits per heavy atom. The van der Waals surface area contributed by atoms with E-state index < -0.39 is 0 Å². The lowest BCUT2D eigenvalue weighted by atomic mass is 9.81. The third-order valence-electron chi connectivity index (χ3n) is 3.16. The third kappa shape index (κ3) is 3.40. The molecule has 1 aliphatic rings. The standard InChI is InChI=1S/C13H20O3/c1-10(8-9-15-2)11-4-6-12(7-5-11)13(14)16-3/h6,8-11H,4-5,7H2,1-3H3/b9-8+/t10-,11-/m0/s1. The lowest BCUT2D eigenvalue weighted by molar-refractivity contribution is -0.136. The van der Waals surface area contributed by atoms with Crippen LogP contribution in [-0.4, -0.2) is 20.2 Å². The molecule has 0 spiro atoms. The number of esters is 1. The van der Waals surface area contributed by atoms with E-state index in [1.54, 1.807) is 13.4 Å². The number of methoxy groups -OCH3 is 2. The summed E-state index contributed by atoms with van der Waals surface area (Å²) in [6.45, 7) is 2.18. The van der Waals surface area contributed by atoms with Crippen LogP contribution in [0.2, 0.25) is 0 Å². The van der Waals surface area contributed by atoms with Crippen molar-refractivity contribution in [1.29, 1.82) is 0 Å². The second-order valence-electron chi connectivity index (χ2n) is 4.18. The highest BCUT2D eigenvalue weighted by molar-refractivity contribution is 5.88. The molecule has 0 aromatic rings. The molecule has 1 rings (SSSR count). The highest BCUT2D eigenvalue weighted by Crippen LogP contribution is 2.30. The van der Waals surface area contributed by atoms with Crippen LogP contribution in [0.5, 0.6) is 0 Å². The van der Waals surface area contributed by atoms with E-state index in [0.29, 0.717) is 11.8 Å². The van der Waals surface area contributed by atoms with Crippen LogP contribution in [0.15, 0.2) is 24.0 Å². The molecule has 0 bridgehead atoms. The molecule has 0 saturated carbocycles. The van der Waals surface area contributed by atoms with Gasteiger partial charge in [0.2, 0.25) is 0 Å². The lowest BCUT2D eigenvalue weighted by Gasteiger charge is -2.24. The zero-order valence-electron chi connectivity index (χ0n) is 10.2. The predicted molar refractivity (Wildman–Crippen MR) is 62.8 cm³/mol. The molecule has 0 unspecified atom stereocenters. The van der Waals surface area contributed by atoms with Crippen molar-refractivity contribution in [3.05, 3.63) is 24.0 Å². The van der Waals surface area contributed by atoms with Crippen molar-refractivity contribution >= 4 is 5.97 Å². The van der Waals surface area contributed by atoms with Crippen LogP contribution in [0.1, 0.15) is 26.2 Å². The summed E-state index contributed by atoms with van der Waals surface area (Å²) in [6, 6.07) is 0. The Morgan fingerprint density at radius 2 is 2.31 bits per heavy atom. The number of carbonyl (C=O) groups is 1. The molecule has 3 nitrogen and oxygen atoms in total. The Labute approximate surface area is 97.1 Å². The third-order valence-corrected chi connectivity index (χ3v) is 3.16. The number of carbonyl (C=O) groups excluding carboxylic acids is 1. The minimum absolute atomic E-state index is 0.182. The molecule has 0 saturated heterocycles.